The average Bonchev–Trinajstić information content (AvgIpc) is 3.06. The number of ether oxygens (including phenoxy) is 1. The van der Waals surface area contributed by atoms with Crippen molar-refractivity contribution in [1.29, 1.82) is 0 Å². The van der Waals surface area contributed by atoms with E-state index >= 15 is 0 Å². The third-order valence-corrected chi connectivity index (χ3v) is 3.54. The maximum absolute atomic E-state index is 12.1. The van der Waals surface area contributed by atoms with E-state index in [1.165, 1.54) is 0 Å². The van der Waals surface area contributed by atoms with E-state index in [0.29, 0.717) is 18.2 Å². The molecular weight excluding hydrogens is 244 g/mol. The van der Waals surface area contributed by atoms with Crippen molar-refractivity contribution in [2.45, 2.75) is 25.5 Å². The second-order valence-electron chi connectivity index (χ2n) is 4.88. The van der Waals surface area contributed by atoms with Crippen molar-refractivity contribution in [2.24, 2.45) is 7.05 Å². The van der Waals surface area contributed by atoms with Gasteiger partial charge in [0, 0.05) is 26.4 Å². The molecule has 2 aromatic heterocycles. The van der Waals surface area contributed by atoms with Gasteiger partial charge in [0.05, 0.1) is 12.6 Å². The summed E-state index contributed by atoms with van der Waals surface area (Å²) in [6, 6.07) is 3.60. The van der Waals surface area contributed by atoms with E-state index in [-0.39, 0.29) is 5.56 Å². The monoisotopic (exact) mass is 262 g/mol. The number of hydrogen-bond donors (Lipinski definition) is 1. The van der Waals surface area contributed by atoms with Gasteiger partial charge in [0.15, 0.2) is 0 Å². The van der Waals surface area contributed by atoms with Crippen LogP contribution in [0.1, 0.15) is 18.7 Å². The largest absolute Gasteiger partial charge is 0.377 e. The Kier molecular flexibility index (Phi) is 3.35. The maximum Gasteiger partial charge on any atom is 0.277 e. The lowest BCUT2D eigenvalue weighted by molar-refractivity contribution is 0.109. The fourth-order valence-electron chi connectivity index (χ4n) is 2.41. The van der Waals surface area contributed by atoms with Crippen LogP contribution < -0.4 is 10.9 Å². The Balaban J connectivity index is 1.73. The van der Waals surface area contributed by atoms with Crippen LogP contribution in [0.25, 0.3) is 5.52 Å². The number of hydrogen-bond acceptors (Lipinski definition) is 4. The normalized spacial score (nSPS) is 19.3. The smallest absolute Gasteiger partial charge is 0.277 e. The zero-order chi connectivity index (χ0) is 13.2. The highest BCUT2D eigenvalue weighted by Gasteiger charge is 2.15. The number of aromatic nitrogens is 3. The molecule has 1 fully saturated rings. The Bertz CT molecular complexity index is 625. The Morgan fingerprint density at radius 3 is 3.26 bits per heavy atom. The maximum atomic E-state index is 12.1. The molecule has 3 rings (SSSR count). The molecule has 0 radical (unpaired) electrons. The topological polar surface area (TPSA) is 60.6 Å². The van der Waals surface area contributed by atoms with Gasteiger partial charge in [0.2, 0.25) is 0 Å². The van der Waals surface area contributed by atoms with Gasteiger partial charge in [0.25, 0.3) is 5.56 Å². The van der Waals surface area contributed by atoms with Crippen LogP contribution in [0, 0.1) is 0 Å². The van der Waals surface area contributed by atoms with Crippen LogP contribution in [-0.2, 0) is 18.3 Å². The summed E-state index contributed by atoms with van der Waals surface area (Å²) in [7, 11) is 1.76. The van der Waals surface area contributed by atoms with E-state index in [4.69, 9.17) is 4.74 Å². The second-order valence-corrected chi connectivity index (χ2v) is 4.88. The average molecular weight is 262 g/mol. The summed E-state index contributed by atoms with van der Waals surface area (Å²) >= 11 is 0. The lowest BCUT2D eigenvalue weighted by atomic mass is 10.2. The first-order valence-corrected chi connectivity index (χ1v) is 6.61. The Labute approximate surface area is 111 Å². The van der Waals surface area contributed by atoms with Gasteiger partial charge in [-0.05, 0) is 25.0 Å². The first kappa shape index (κ1) is 12.4. The summed E-state index contributed by atoms with van der Waals surface area (Å²) in [5.74, 6) is 0.728. The molecule has 0 aliphatic carbocycles. The number of fused-ring (bicyclic) bond motifs is 1. The Hall–Kier alpha value is -1.66. The van der Waals surface area contributed by atoms with Crippen LogP contribution >= 0.6 is 0 Å². The minimum absolute atomic E-state index is 0.0195. The number of nitrogens with zero attached hydrogens (tertiary/aromatic N) is 3. The van der Waals surface area contributed by atoms with Crippen LogP contribution in [0.15, 0.2) is 23.1 Å². The molecule has 0 bridgehead atoms. The molecule has 3 heterocycles. The first-order chi connectivity index (χ1) is 9.25. The molecule has 1 saturated heterocycles. The summed E-state index contributed by atoms with van der Waals surface area (Å²) < 4.78 is 8.77. The molecular formula is C13H18N4O2. The van der Waals surface area contributed by atoms with E-state index in [9.17, 15) is 4.79 Å². The third-order valence-electron chi connectivity index (χ3n) is 3.54. The minimum Gasteiger partial charge on any atom is -0.377 e. The summed E-state index contributed by atoms with van der Waals surface area (Å²) in [5, 5.41) is 7.74. The Morgan fingerprint density at radius 2 is 2.47 bits per heavy atom. The molecule has 6 nitrogen and oxygen atoms in total. The van der Waals surface area contributed by atoms with E-state index < -0.39 is 0 Å². The molecule has 1 aliphatic heterocycles. The second kappa shape index (κ2) is 5.14. The molecule has 0 saturated carbocycles. The SMILES string of the molecule is Cn1c(CNC[C@@H]2CCCO2)nn2cccc2c1=O. The van der Waals surface area contributed by atoms with Gasteiger partial charge in [-0.3, -0.25) is 9.36 Å². The molecule has 6 heteroatoms. The molecule has 1 atom stereocenters. The van der Waals surface area contributed by atoms with Crippen molar-refractivity contribution in [1.82, 2.24) is 19.5 Å². The fourth-order valence-corrected chi connectivity index (χ4v) is 2.41. The molecule has 2 aromatic rings. The van der Waals surface area contributed by atoms with E-state index in [1.807, 2.05) is 6.07 Å². The minimum atomic E-state index is -0.0195. The van der Waals surface area contributed by atoms with Gasteiger partial charge < -0.3 is 10.1 Å². The summed E-state index contributed by atoms with van der Waals surface area (Å²) in [4.78, 5) is 12.1. The third kappa shape index (κ3) is 2.41. The van der Waals surface area contributed by atoms with Gasteiger partial charge in [-0.15, -0.1) is 0 Å². The Morgan fingerprint density at radius 1 is 1.58 bits per heavy atom. The van der Waals surface area contributed by atoms with Crippen LogP contribution in [0.4, 0.5) is 0 Å². The summed E-state index contributed by atoms with van der Waals surface area (Å²) in [6.45, 7) is 2.23. The van der Waals surface area contributed by atoms with Crippen LogP contribution in [0.5, 0.6) is 0 Å². The van der Waals surface area contributed by atoms with Crippen LogP contribution in [0.3, 0.4) is 0 Å². The van der Waals surface area contributed by atoms with Gasteiger partial charge in [0.1, 0.15) is 11.3 Å². The van der Waals surface area contributed by atoms with Gasteiger partial charge in [-0.1, -0.05) is 0 Å². The van der Waals surface area contributed by atoms with Crippen molar-refractivity contribution < 1.29 is 4.74 Å². The van der Waals surface area contributed by atoms with Crippen molar-refractivity contribution in [3.8, 4) is 0 Å². The highest BCUT2D eigenvalue weighted by Crippen LogP contribution is 2.10. The van der Waals surface area contributed by atoms with Crippen molar-refractivity contribution in [3.05, 3.63) is 34.5 Å². The zero-order valence-electron chi connectivity index (χ0n) is 11.0. The van der Waals surface area contributed by atoms with Gasteiger partial charge in [-0.2, -0.15) is 5.10 Å². The number of nitrogens with one attached hydrogen (secondary N) is 1. The van der Waals surface area contributed by atoms with E-state index in [0.717, 1.165) is 31.8 Å². The van der Waals surface area contributed by atoms with Crippen molar-refractivity contribution >= 4 is 5.52 Å². The lowest BCUT2D eigenvalue weighted by Gasteiger charge is -2.12. The molecule has 0 aromatic carbocycles. The lowest BCUT2D eigenvalue weighted by Crippen LogP contribution is -2.31. The highest BCUT2D eigenvalue weighted by molar-refractivity contribution is 5.43. The highest BCUT2D eigenvalue weighted by atomic mass is 16.5. The molecule has 0 amide bonds. The van der Waals surface area contributed by atoms with Crippen molar-refractivity contribution in [2.75, 3.05) is 13.2 Å². The van der Waals surface area contributed by atoms with Crippen LogP contribution in [0.2, 0.25) is 0 Å². The fraction of sp³-hybridized carbons (Fsp3) is 0.538. The van der Waals surface area contributed by atoms with Gasteiger partial charge in [-0.25, -0.2) is 4.52 Å². The van der Waals surface area contributed by atoms with Gasteiger partial charge >= 0.3 is 0 Å². The predicted octanol–water partition coefficient (Wildman–Crippen LogP) is 0.302. The van der Waals surface area contributed by atoms with E-state index in [2.05, 4.69) is 10.4 Å². The standard InChI is InChI=1S/C13H18N4O2/c1-16-12(9-14-8-10-4-3-7-19-10)15-17-6-2-5-11(17)13(16)18/h2,5-6,10,14H,3-4,7-9H2,1H3/t10-/m0/s1. The molecule has 19 heavy (non-hydrogen) atoms. The van der Waals surface area contributed by atoms with Crippen molar-refractivity contribution in [3.63, 3.8) is 0 Å². The first-order valence-electron chi connectivity index (χ1n) is 6.61. The van der Waals surface area contributed by atoms with E-state index in [1.54, 1.807) is 28.4 Å². The summed E-state index contributed by atoms with van der Waals surface area (Å²) in [5.41, 5.74) is 0.583. The molecule has 102 valence electrons. The summed E-state index contributed by atoms with van der Waals surface area (Å²) in [6.07, 6.45) is 4.33. The molecule has 0 unspecified atom stereocenters. The molecule has 1 N–H and O–H groups in total. The molecule has 1 aliphatic rings. The number of rotatable bonds is 4. The quantitative estimate of drug-likeness (QED) is 0.861. The predicted molar refractivity (Wildman–Crippen MR) is 71.1 cm³/mol. The zero-order valence-corrected chi connectivity index (χ0v) is 11.0. The molecule has 0 spiro atoms. The van der Waals surface area contributed by atoms with Crippen LogP contribution in [-0.4, -0.2) is 33.4 Å².